The Kier molecular flexibility index (Phi) is 2.92. The first-order chi connectivity index (χ1) is 8.15. The molecule has 0 atom stereocenters. The van der Waals surface area contributed by atoms with E-state index in [0.717, 1.165) is 23.4 Å². The summed E-state index contributed by atoms with van der Waals surface area (Å²) in [4.78, 5) is 4.22. The van der Waals surface area contributed by atoms with Crippen LogP contribution in [0.25, 0.3) is 5.69 Å². The highest BCUT2D eigenvalue weighted by Gasteiger charge is 2.09. The molecule has 1 aromatic carbocycles. The normalized spacial score (nSPS) is 10.2. The number of halogens is 1. The number of aryl methyl sites for hydroxylation is 2. The van der Waals surface area contributed by atoms with Gasteiger partial charge in [-0.05, 0) is 31.0 Å². The third-order valence-electron chi connectivity index (χ3n) is 2.68. The van der Waals surface area contributed by atoms with Crippen LogP contribution in [0.4, 0.5) is 4.39 Å². The van der Waals surface area contributed by atoms with Crippen LogP contribution in [0, 0.1) is 24.1 Å². The Morgan fingerprint density at radius 3 is 2.82 bits per heavy atom. The van der Waals surface area contributed by atoms with Gasteiger partial charge in [-0.2, -0.15) is 5.26 Å². The van der Waals surface area contributed by atoms with E-state index >= 15 is 0 Å². The van der Waals surface area contributed by atoms with Gasteiger partial charge in [0.05, 0.1) is 23.3 Å². The molecule has 0 N–H and O–H groups in total. The lowest BCUT2D eigenvalue weighted by molar-refractivity contribution is 0.622. The van der Waals surface area contributed by atoms with Crippen LogP contribution in [0.2, 0.25) is 0 Å². The summed E-state index contributed by atoms with van der Waals surface area (Å²) in [6.07, 6.45) is 4.42. The van der Waals surface area contributed by atoms with Crippen molar-refractivity contribution in [3.05, 3.63) is 47.3 Å². The Balaban J connectivity index is 2.55. The molecule has 1 aromatic heterocycles. The zero-order valence-electron chi connectivity index (χ0n) is 9.74. The molecule has 0 aliphatic rings. The van der Waals surface area contributed by atoms with Crippen LogP contribution in [0.5, 0.6) is 0 Å². The summed E-state index contributed by atoms with van der Waals surface area (Å²) in [6.45, 7) is 3.83. The maximum absolute atomic E-state index is 13.4. The van der Waals surface area contributed by atoms with E-state index in [1.807, 2.05) is 30.7 Å². The fourth-order valence-electron chi connectivity index (χ4n) is 1.70. The Morgan fingerprint density at radius 1 is 1.47 bits per heavy atom. The lowest BCUT2D eigenvalue weighted by Gasteiger charge is -2.07. The van der Waals surface area contributed by atoms with E-state index in [9.17, 15) is 4.39 Å². The molecule has 2 rings (SSSR count). The van der Waals surface area contributed by atoms with Crippen LogP contribution in [0.1, 0.15) is 23.7 Å². The van der Waals surface area contributed by atoms with Gasteiger partial charge in [-0.3, -0.25) is 0 Å². The summed E-state index contributed by atoms with van der Waals surface area (Å²) in [5, 5.41) is 8.82. The van der Waals surface area contributed by atoms with Crippen molar-refractivity contribution in [3.63, 3.8) is 0 Å². The summed E-state index contributed by atoms with van der Waals surface area (Å²) in [5.74, 6) is -0.482. The van der Waals surface area contributed by atoms with E-state index in [1.54, 1.807) is 12.4 Å². The van der Waals surface area contributed by atoms with Crippen LogP contribution >= 0.6 is 0 Å². The van der Waals surface area contributed by atoms with Gasteiger partial charge in [-0.25, -0.2) is 9.37 Å². The first-order valence-electron chi connectivity index (χ1n) is 5.39. The highest BCUT2D eigenvalue weighted by Crippen LogP contribution is 2.19. The van der Waals surface area contributed by atoms with Crippen molar-refractivity contribution in [3.8, 4) is 11.8 Å². The minimum atomic E-state index is -0.482. The van der Waals surface area contributed by atoms with Crippen molar-refractivity contribution >= 4 is 0 Å². The van der Waals surface area contributed by atoms with E-state index in [4.69, 9.17) is 5.26 Å². The third kappa shape index (κ3) is 2.04. The summed E-state index contributed by atoms with van der Waals surface area (Å²) in [6, 6.07) is 4.77. The van der Waals surface area contributed by atoms with Gasteiger partial charge in [-0.15, -0.1) is 0 Å². The topological polar surface area (TPSA) is 41.6 Å². The first kappa shape index (κ1) is 11.3. The van der Waals surface area contributed by atoms with Crippen LogP contribution < -0.4 is 0 Å². The van der Waals surface area contributed by atoms with Gasteiger partial charge >= 0.3 is 0 Å². The summed E-state index contributed by atoms with van der Waals surface area (Å²) >= 11 is 0. The fourth-order valence-corrected chi connectivity index (χ4v) is 1.70. The highest BCUT2D eigenvalue weighted by molar-refractivity contribution is 5.48. The fraction of sp³-hybridized carbons (Fsp3) is 0.231. The molecule has 1 heterocycles. The molecule has 0 bridgehead atoms. The molecule has 0 aliphatic carbocycles. The second-order valence-corrected chi connectivity index (χ2v) is 3.86. The number of imidazole rings is 1. The Morgan fingerprint density at radius 2 is 2.24 bits per heavy atom. The number of hydrogen-bond donors (Lipinski definition) is 0. The number of nitriles is 1. The lowest BCUT2D eigenvalue weighted by atomic mass is 10.1. The Hall–Kier alpha value is -2.15. The molecule has 2 aromatic rings. The molecule has 0 radical (unpaired) electrons. The number of aromatic nitrogens is 2. The number of nitrogens with zero attached hydrogens (tertiary/aromatic N) is 3. The molecule has 86 valence electrons. The maximum Gasteiger partial charge on any atom is 0.141 e. The monoisotopic (exact) mass is 229 g/mol. The predicted molar refractivity (Wildman–Crippen MR) is 62.4 cm³/mol. The van der Waals surface area contributed by atoms with Crippen molar-refractivity contribution < 1.29 is 4.39 Å². The number of benzene rings is 1. The Labute approximate surface area is 99.1 Å². The molecule has 0 saturated carbocycles. The van der Waals surface area contributed by atoms with E-state index < -0.39 is 5.82 Å². The SMILES string of the molecule is CCc1cn(-c2cc(C#N)c(F)cc2C)cn1. The van der Waals surface area contributed by atoms with Gasteiger partial charge in [0.1, 0.15) is 11.9 Å². The van der Waals surface area contributed by atoms with E-state index in [2.05, 4.69) is 4.98 Å². The van der Waals surface area contributed by atoms with E-state index in [0.29, 0.717) is 0 Å². The van der Waals surface area contributed by atoms with Crippen LogP contribution in [0.3, 0.4) is 0 Å². The standard InChI is InChI=1S/C13H12FN3/c1-3-11-7-17(8-16-11)13-5-10(6-15)12(14)4-9(13)2/h4-5,7-8H,3H2,1-2H3. The molecule has 0 amide bonds. The molecule has 0 spiro atoms. The van der Waals surface area contributed by atoms with Crippen molar-refractivity contribution in [2.24, 2.45) is 0 Å². The molecule has 0 aliphatic heterocycles. The molecule has 0 saturated heterocycles. The minimum Gasteiger partial charge on any atom is -0.306 e. The summed E-state index contributed by atoms with van der Waals surface area (Å²) in [5.41, 5.74) is 2.58. The van der Waals surface area contributed by atoms with E-state index in [-0.39, 0.29) is 5.56 Å². The van der Waals surface area contributed by atoms with Gasteiger partial charge in [0.2, 0.25) is 0 Å². The second kappa shape index (κ2) is 4.38. The average Bonchev–Trinajstić information content (AvgIpc) is 2.78. The zero-order valence-corrected chi connectivity index (χ0v) is 9.74. The molecular formula is C13H12FN3. The zero-order chi connectivity index (χ0) is 12.4. The van der Waals surface area contributed by atoms with Crippen molar-refractivity contribution in [2.45, 2.75) is 20.3 Å². The predicted octanol–water partition coefficient (Wildman–Crippen LogP) is 2.75. The van der Waals surface area contributed by atoms with Gasteiger partial charge < -0.3 is 4.57 Å². The first-order valence-corrected chi connectivity index (χ1v) is 5.39. The maximum atomic E-state index is 13.4. The minimum absolute atomic E-state index is 0.0531. The number of rotatable bonds is 2. The molecule has 4 heteroatoms. The summed E-state index contributed by atoms with van der Waals surface area (Å²) < 4.78 is 15.2. The van der Waals surface area contributed by atoms with Crippen molar-refractivity contribution in [2.75, 3.05) is 0 Å². The van der Waals surface area contributed by atoms with Crippen LogP contribution in [-0.2, 0) is 6.42 Å². The molecule has 0 fully saturated rings. The lowest BCUT2D eigenvalue weighted by Crippen LogP contribution is -1.97. The smallest absolute Gasteiger partial charge is 0.141 e. The third-order valence-corrected chi connectivity index (χ3v) is 2.68. The van der Waals surface area contributed by atoms with Gasteiger partial charge in [0.15, 0.2) is 0 Å². The molecule has 3 nitrogen and oxygen atoms in total. The van der Waals surface area contributed by atoms with Gasteiger partial charge in [0, 0.05) is 6.20 Å². The molecule has 17 heavy (non-hydrogen) atoms. The Bertz CT molecular complexity index is 593. The largest absolute Gasteiger partial charge is 0.306 e. The number of hydrogen-bond acceptors (Lipinski definition) is 2. The van der Waals surface area contributed by atoms with Crippen molar-refractivity contribution in [1.29, 1.82) is 5.26 Å². The van der Waals surface area contributed by atoms with E-state index in [1.165, 1.54) is 6.07 Å². The highest BCUT2D eigenvalue weighted by atomic mass is 19.1. The summed E-state index contributed by atoms with van der Waals surface area (Å²) in [7, 11) is 0. The average molecular weight is 229 g/mol. The second-order valence-electron chi connectivity index (χ2n) is 3.86. The molecular weight excluding hydrogens is 217 g/mol. The molecule has 0 unspecified atom stereocenters. The van der Waals surface area contributed by atoms with Gasteiger partial charge in [-0.1, -0.05) is 6.92 Å². The van der Waals surface area contributed by atoms with Crippen LogP contribution in [-0.4, -0.2) is 9.55 Å². The van der Waals surface area contributed by atoms with Gasteiger partial charge in [0.25, 0.3) is 0 Å². The quantitative estimate of drug-likeness (QED) is 0.794. The van der Waals surface area contributed by atoms with Crippen LogP contribution in [0.15, 0.2) is 24.7 Å². The van der Waals surface area contributed by atoms with Crippen molar-refractivity contribution in [1.82, 2.24) is 9.55 Å².